The molecule has 1 aromatic rings. The van der Waals surface area contributed by atoms with Crippen LogP contribution in [0.3, 0.4) is 0 Å². The van der Waals surface area contributed by atoms with Crippen molar-refractivity contribution in [1.82, 2.24) is 15.0 Å². The average molecular weight is 272 g/mol. The third-order valence-corrected chi connectivity index (χ3v) is 2.64. The molecule has 0 saturated carbocycles. The quantitative estimate of drug-likeness (QED) is 0.586. The molecule has 110 valence electrons. The Bertz CT molecular complexity index is 333. The first kappa shape index (κ1) is 16.0. The monoisotopic (exact) mass is 272 g/mol. The molecule has 0 bridgehead atoms. The van der Waals surface area contributed by atoms with Gasteiger partial charge in [-0.3, -0.25) is 0 Å². The summed E-state index contributed by atoms with van der Waals surface area (Å²) >= 11 is 0. The summed E-state index contributed by atoms with van der Waals surface area (Å²) in [6.07, 6.45) is 2.72. The van der Waals surface area contributed by atoms with Gasteiger partial charge in [0.25, 0.3) is 0 Å². The minimum atomic E-state index is -0.0381. The highest BCUT2D eigenvalue weighted by molar-refractivity contribution is 4.98. The van der Waals surface area contributed by atoms with Crippen molar-refractivity contribution >= 4 is 0 Å². The Balaban J connectivity index is 2.04. The second-order valence-electron chi connectivity index (χ2n) is 4.14. The van der Waals surface area contributed by atoms with Crippen LogP contribution in [0.5, 0.6) is 0 Å². The van der Waals surface area contributed by atoms with Crippen LogP contribution in [-0.2, 0) is 20.8 Å². The Morgan fingerprint density at radius 3 is 2.58 bits per heavy atom. The molecular formula is C12H24N4O3. The van der Waals surface area contributed by atoms with Crippen molar-refractivity contribution in [2.75, 3.05) is 40.1 Å². The molecule has 1 aromatic heterocycles. The molecule has 1 heterocycles. The maximum atomic E-state index is 5.87. The van der Waals surface area contributed by atoms with Crippen LogP contribution in [0.1, 0.15) is 25.1 Å². The predicted molar refractivity (Wildman–Crippen MR) is 70.8 cm³/mol. The largest absolute Gasteiger partial charge is 0.382 e. The zero-order chi connectivity index (χ0) is 13.9. The first-order valence-electron chi connectivity index (χ1n) is 6.58. The van der Waals surface area contributed by atoms with Crippen LogP contribution >= 0.6 is 0 Å². The summed E-state index contributed by atoms with van der Waals surface area (Å²) in [5.41, 5.74) is 6.69. The van der Waals surface area contributed by atoms with E-state index in [1.807, 2.05) is 13.1 Å². The van der Waals surface area contributed by atoms with E-state index in [-0.39, 0.29) is 6.04 Å². The molecular weight excluding hydrogens is 248 g/mol. The fourth-order valence-corrected chi connectivity index (χ4v) is 1.42. The van der Waals surface area contributed by atoms with Gasteiger partial charge in [-0.2, -0.15) is 0 Å². The summed E-state index contributed by atoms with van der Waals surface area (Å²) < 4.78 is 17.3. The highest BCUT2D eigenvalue weighted by atomic mass is 16.5. The second-order valence-corrected chi connectivity index (χ2v) is 4.14. The molecule has 0 aliphatic carbocycles. The Kier molecular flexibility index (Phi) is 8.31. The van der Waals surface area contributed by atoms with Gasteiger partial charge in [-0.1, -0.05) is 12.1 Å². The van der Waals surface area contributed by atoms with Gasteiger partial charge in [0.1, 0.15) is 0 Å². The van der Waals surface area contributed by atoms with Crippen molar-refractivity contribution in [2.45, 2.75) is 25.9 Å². The van der Waals surface area contributed by atoms with Crippen molar-refractivity contribution in [3.63, 3.8) is 0 Å². The van der Waals surface area contributed by atoms with E-state index in [2.05, 4.69) is 10.3 Å². The number of nitrogens with two attached hydrogens (primary N) is 1. The molecule has 0 aliphatic heterocycles. The highest BCUT2D eigenvalue weighted by Crippen LogP contribution is 2.08. The fraction of sp³-hybridized carbons (Fsp3) is 0.833. The van der Waals surface area contributed by atoms with E-state index in [4.69, 9.17) is 19.9 Å². The van der Waals surface area contributed by atoms with E-state index in [0.29, 0.717) is 39.6 Å². The van der Waals surface area contributed by atoms with Crippen LogP contribution in [0.4, 0.5) is 0 Å². The van der Waals surface area contributed by atoms with Crippen molar-refractivity contribution in [2.24, 2.45) is 5.73 Å². The van der Waals surface area contributed by atoms with Gasteiger partial charge in [-0.25, -0.2) is 4.68 Å². The van der Waals surface area contributed by atoms with Crippen LogP contribution in [0.2, 0.25) is 0 Å². The molecule has 1 rings (SSSR count). The molecule has 0 aromatic carbocycles. The molecule has 1 unspecified atom stereocenters. The summed E-state index contributed by atoms with van der Waals surface area (Å²) in [5, 5.41) is 8.03. The number of nitrogens with zero attached hydrogens (tertiary/aromatic N) is 3. The van der Waals surface area contributed by atoms with Crippen molar-refractivity contribution in [3.05, 3.63) is 11.9 Å². The Morgan fingerprint density at radius 2 is 1.89 bits per heavy atom. The number of hydrogen-bond donors (Lipinski definition) is 1. The number of aromatic nitrogens is 3. The van der Waals surface area contributed by atoms with Crippen molar-refractivity contribution in [3.8, 4) is 0 Å². The number of rotatable bonds is 11. The Morgan fingerprint density at radius 1 is 1.21 bits per heavy atom. The van der Waals surface area contributed by atoms with E-state index in [9.17, 15) is 0 Å². The molecule has 7 nitrogen and oxygen atoms in total. The van der Waals surface area contributed by atoms with Crippen LogP contribution in [0.15, 0.2) is 6.20 Å². The number of methoxy groups -OCH3 is 1. The Hall–Kier alpha value is -1.02. The fourth-order valence-electron chi connectivity index (χ4n) is 1.42. The standard InChI is InChI=1S/C12H24N4O3/c1-3-11(13)12-10-16(15-14-12)4-5-18-8-9-19-7-6-17-2/h10-11H,3-9,13H2,1-2H3. The zero-order valence-corrected chi connectivity index (χ0v) is 11.7. The molecule has 19 heavy (non-hydrogen) atoms. The van der Waals surface area contributed by atoms with Gasteiger partial charge in [0.15, 0.2) is 0 Å². The van der Waals surface area contributed by atoms with Crippen molar-refractivity contribution in [1.29, 1.82) is 0 Å². The molecule has 0 aliphatic rings. The van der Waals surface area contributed by atoms with Crippen LogP contribution < -0.4 is 5.73 Å². The molecule has 2 N–H and O–H groups in total. The lowest BCUT2D eigenvalue weighted by molar-refractivity contribution is 0.0224. The molecule has 0 radical (unpaired) electrons. The number of hydrogen-bond acceptors (Lipinski definition) is 6. The van der Waals surface area contributed by atoms with Gasteiger partial charge in [-0.15, -0.1) is 5.10 Å². The zero-order valence-electron chi connectivity index (χ0n) is 11.7. The molecule has 0 spiro atoms. The normalized spacial score (nSPS) is 12.8. The predicted octanol–water partition coefficient (Wildman–Crippen LogP) is 0.368. The second kappa shape index (κ2) is 9.85. The van der Waals surface area contributed by atoms with Gasteiger partial charge in [-0.05, 0) is 6.42 Å². The van der Waals surface area contributed by atoms with E-state index in [1.165, 1.54) is 0 Å². The topological polar surface area (TPSA) is 84.4 Å². The summed E-state index contributed by atoms with van der Waals surface area (Å²) in [4.78, 5) is 0. The summed E-state index contributed by atoms with van der Waals surface area (Å²) in [6, 6.07) is -0.0381. The van der Waals surface area contributed by atoms with Crippen LogP contribution in [0.25, 0.3) is 0 Å². The maximum Gasteiger partial charge on any atom is 0.0994 e. The molecule has 1 atom stereocenters. The lowest BCUT2D eigenvalue weighted by Gasteiger charge is -2.05. The molecule has 0 saturated heterocycles. The van der Waals surface area contributed by atoms with E-state index < -0.39 is 0 Å². The molecule has 7 heteroatoms. The minimum Gasteiger partial charge on any atom is -0.382 e. The Labute approximate surface area is 114 Å². The van der Waals surface area contributed by atoms with E-state index in [0.717, 1.165) is 12.1 Å². The smallest absolute Gasteiger partial charge is 0.0994 e. The van der Waals surface area contributed by atoms with Gasteiger partial charge >= 0.3 is 0 Å². The highest BCUT2D eigenvalue weighted by Gasteiger charge is 2.07. The third kappa shape index (κ3) is 6.63. The first-order chi connectivity index (χ1) is 9.27. The van der Waals surface area contributed by atoms with Gasteiger partial charge in [0.05, 0.1) is 57.5 Å². The molecule has 0 fully saturated rings. The summed E-state index contributed by atoms with van der Waals surface area (Å²) in [7, 11) is 1.65. The number of ether oxygens (including phenoxy) is 3. The average Bonchev–Trinajstić information content (AvgIpc) is 2.89. The third-order valence-electron chi connectivity index (χ3n) is 2.64. The van der Waals surface area contributed by atoms with E-state index >= 15 is 0 Å². The van der Waals surface area contributed by atoms with E-state index in [1.54, 1.807) is 11.8 Å². The van der Waals surface area contributed by atoms with Gasteiger partial charge in [0, 0.05) is 7.11 Å². The first-order valence-corrected chi connectivity index (χ1v) is 6.58. The van der Waals surface area contributed by atoms with Gasteiger partial charge < -0.3 is 19.9 Å². The minimum absolute atomic E-state index is 0.0381. The molecule has 0 amide bonds. The lowest BCUT2D eigenvalue weighted by atomic mass is 10.2. The summed E-state index contributed by atoms with van der Waals surface area (Å²) in [6.45, 7) is 5.63. The maximum absolute atomic E-state index is 5.87. The van der Waals surface area contributed by atoms with Crippen molar-refractivity contribution < 1.29 is 14.2 Å². The SMILES string of the molecule is CCC(N)c1cn(CCOCCOCCOC)nn1. The van der Waals surface area contributed by atoms with Crippen LogP contribution in [0, 0.1) is 0 Å². The summed E-state index contributed by atoms with van der Waals surface area (Å²) in [5.74, 6) is 0. The van der Waals surface area contributed by atoms with Crippen LogP contribution in [-0.4, -0.2) is 55.1 Å². The van der Waals surface area contributed by atoms with Gasteiger partial charge in [0.2, 0.25) is 0 Å². The lowest BCUT2D eigenvalue weighted by Crippen LogP contribution is -2.12.